The monoisotopic (exact) mass is 224 g/mol. The second kappa shape index (κ2) is 7.93. The third-order valence-corrected chi connectivity index (χ3v) is 2.13. The molecule has 0 aliphatic carbocycles. The first-order chi connectivity index (χ1) is 7.86. The number of nitrogens with one attached hydrogen (secondary N) is 1. The summed E-state index contributed by atoms with van der Waals surface area (Å²) in [5.74, 6) is 0.637. The van der Waals surface area contributed by atoms with E-state index in [1.807, 2.05) is 12.1 Å². The minimum Gasteiger partial charge on any atom is -0.475 e. The SMILES string of the molecule is CCCCNc1ccc(OCCOC)nc1. The standard InChI is InChI=1S/C12H20N2O2/c1-3-4-7-13-11-5-6-12(14-10-11)16-9-8-15-2/h5-6,10,13H,3-4,7-9H2,1-2H3. The van der Waals surface area contributed by atoms with Crippen molar-refractivity contribution in [3.63, 3.8) is 0 Å². The largest absolute Gasteiger partial charge is 0.475 e. The van der Waals surface area contributed by atoms with Crippen molar-refractivity contribution in [2.75, 3.05) is 32.2 Å². The molecule has 1 rings (SSSR count). The van der Waals surface area contributed by atoms with Crippen LogP contribution in [-0.2, 0) is 4.74 Å². The van der Waals surface area contributed by atoms with Crippen LogP contribution in [0, 0.1) is 0 Å². The number of methoxy groups -OCH3 is 1. The number of pyridine rings is 1. The molecule has 0 aromatic carbocycles. The van der Waals surface area contributed by atoms with E-state index in [1.165, 1.54) is 12.8 Å². The summed E-state index contributed by atoms with van der Waals surface area (Å²) in [7, 11) is 1.65. The molecule has 1 heterocycles. The fraction of sp³-hybridized carbons (Fsp3) is 0.583. The molecular weight excluding hydrogens is 204 g/mol. The fourth-order valence-corrected chi connectivity index (χ4v) is 1.21. The maximum absolute atomic E-state index is 5.36. The molecule has 0 spiro atoms. The zero-order valence-electron chi connectivity index (χ0n) is 10.0. The summed E-state index contributed by atoms with van der Waals surface area (Å²) in [4.78, 5) is 4.19. The predicted molar refractivity (Wildman–Crippen MR) is 65.0 cm³/mol. The normalized spacial score (nSPS) is 10.1. The highest BCUT2D eigenvalue weighted by atomic mass is 16.5. The van der Waals surface area contributed by atoms with Crippen molar-refractivity contribution in [3.05, 3.63) is 18.3 Å². The van der Waals surface area contributed by atoms with Crippen LogP contribution in [0.15, 0.2) is 18.3 Å². The molecule has 0 saturated heterocycles. The van der Waals surface area contributed by atoms with Crippen LogP contribution in [0.4, 0.5) is 5.69 Å². The van der Waals surface area contributed by atoms with Crippen LogP contribution in [-0.4, -0.2) is 31.9 Å². The lowest BCUT2D eigenvalue weighted by Gasteiger charge is -2.07. The van der Waals surface area contributed by atoms with Crippen molar-refractivity contribution in [2.45, 2.75) is 19.8 Å². The molecule has 0 fully saturated rings. The Morgan fingerprint density at radius 1 is 1.31 bits per heavy atom. The van der Waals surface area contributed by atoms with Crippen LogP contribution >= 0.6 is 0 Å². The molecule has 0 atom stereocenters. The number of aromatic nitrogens is 1. The molecule has 90 valence electrons. The molecule has 0 saturated carbocycles. The van der Waals surface area contributed by atoms with Gasteiger partial charge in [-0.1, -0.05) is 13.3 Å². The van der Waals surface area contributed by atoms with Crippen LogP contribution in [0.3, 0.4) is 0 Å². The number of rotatable bonds is 8. The van der Waals surface area contributed by atoms with Gasteiger partial charge in [-0.2, -0.15) is 0 Å². The Morgan fingerprint density at radius 2 is 2.19 bits per heavy atom. The molecule has 1 N–H and O–H groups in total. The Kier molecular flexibility index (Phi) is 6.33. The van der Waals surface area contributed by atoms with Gasteiger partial charge < -0.3 is 14.8 Å². The van der Waals surface area contributed by atoms with E-state index in [9.17, 15) is 0 Å². The second-order valence-corrected chi connectivity index (χ2v) is 3.51. The van der Waals surface area contributed by atoms with E-state index in [2.05, 4.69) is 17.2 Å². The van der Waals surface area contributed by atoms with Gasteiger partial charge in [-0.3, -0.25) is 0 Å². The quantitative estimate of drug-likeness (QED) is 0.688. The summed E-state index contributed by atoms with van der Waals surface area (Å²) in [5, 5.41) is 3.30. The second-order valence-electron chi connectivity index (χ2n) is 3.51. The van der Waals surface area contributed by atoms with Crippen molar-refractivity contribution in [1.29, 1.82) is 0 Å². The molecule has 4 heteroatoms. The first-order valence-electron chi connectivity index (χ1n) is 5.68. The minimum absolute atomic E-state index is 0.534. The number of anilines is 1. The maximum atomic E-state index is 5.36. The van der Waals surface area contributed by atoms with Crippen molar-refractivity contribution in [2.24, 2.45) is 0 Å². The number of unbranched alkanes of at least 4 members (excludes halogenated alkanes) is 1. The van der Waals surface area contributed by atoms with Crippen LogP contribution in [0.25, 0.3) is 0 Å². The van der Waals surface area contributed by atoms with Gasteiger partial charge in [0.05, 0.1) is 18.5 Å². The molecule has 0 aliphatic rings. The molecule has 0 unspecified atom stereocenters. The number of hydrogen-bond donors (Lipinski definition) is 1. The van der Waals surface area contributed by atoms with E-state index < -0.39 is 0 Å². The van der Waals surface area contributed by atoms with Gasteiger partial charge in [-0.05, 0) is 12.5 Å². The average molecular weight is 224 g/mol. The topological polar surface area (TPSA) is 43.4 Å². The molecule has 0 bridgehead atoms. The van der Waals surface area contributed by atoms with E-state index in [4.69, 9.17) is 9.47 Å². The summed E-state index contributed by atoms with van der Waals surface area (Å²) in [6.45, 7) is 4.28. The fourth-order valence-electron chi connectivity index (χ4n) is 1.21. The predicted octanol–water partition coefficient (Wildman–Crippen LogP) is 2.32. The summed E-state index contributed by atoms with van der Waals surface area (Å²) < 4.78 is 10.3. The zero-order chi connectivity index (χ0) is 11.6. The van der Waals surface area contributed by atoms with Crippen LogP contribution < -0.4 is 10.1 Å². The molecule has 0 amide bonds. The van der Waals surface area contributed by atoms with Gasteiger partial charge in [0.2, 0.25) is 5.88 Å². The smallest absolute Gasteiger partial charge is 0.213 e. The summed E-state index contributed by atoms with van der Waals surface area (Å²) in [6.07, 6.45) is 4.16. The van der Waals surface area contributed by atoms with Gasteiger partial charge in [0, 0.05) is 19.7 Å². The summed E-state index contributed by atoms with van der Waals surface area (Å²) in [5.41, 5.74) is 1.03. The zero-order valence-corrected chi connectivity index (χ0v) is 10.0. The van der Waals surface area contributed by atoms with Crippen LogP contribution in [0.1, 0.15) is 19.8 Å². The lowest BCUT2D eigenvalue weighted by molar-refractivity contribution is 0.144. The molecule has 0 radical (unpaired) electrons. The average Bonchev–Trinajstić information content (AvgIpc) is 2.32. The first-order valence-corrected chi connectivity index (χ1v) is 5.68. The van der Waals surface area contributed by atoms with Gasteiger partial charge in [-0.15, -0.1) is 0 Å². The molecule has 4 nitrogen and oxygen atoms in total. The van der Waals surface area contributed by atoms with E-state index in [1.54, 1.807) is 13.3 Å². The van der Waals surface area contributed by atoms with Crippen LogP contribution in [0.5, 0.6) is 5.88 Å². The van der Waals surface area contributed by atoms with Gasteiger partial charge >= 0.3 is 0 Å². The van der Waals surface area contributed by atoms with E-state index in [0.29, 0.717) is 19.1 Å². The Morgan fingerprint density at radius 3 is 2.81 bits per heavy atom. The van der Waals surface area contributed by atoms with Crippen LogP contribution in [0.2, 0.25) is 0 Å². The molecule has 1 aromatic heterocycles. The maximum Gasteiger partial charge on any atom is 0.213 e. The number of ether oxygens (including phenoxy) is 2. The minimum atomic E-state index is 0.534. The molecular formula is C12H20N2O2. The van der Waals surface area contributed by atoms with E-state index >= 15 is 0 Å². The number of nitrogens with zero attached hydrogens (tertiary/aromatic N) is 1. The molecule has 16 heavy (non-hydrogen) atoms. The van der Waals surface area contributed by atoms with Gasteiger partial charge in [0.25, 0.3) is 0 Å². The van der Waals surface area contributed by atoms with Crippen molar-refractivity contribution in [3.8, 4) is 5.88 Å². The third kappa shape index (κ3) is 4.98. The Labute approximate surface area is 97.0 Å². The molecule has 0 aliphatic heterocycles. The summed E-state index contributed by atoms with van der Waals surface area (Å²) in [6, 6.07) is 3.84. The Balaban J connectivity index is 2.30. The first kappa shape index (κ1) is 12.8. The molecule has 1 aromatic rings. The highest BCUT2D eigenvalue weighted by Crippen LogP contribution is 2.11. The van der Waals surface area contributed by atoms with E-state index in [-0.39, 0.29) is 0 Å². The van der Waals surface area contributed by atoms with E-state index in [0.717, 1.165) is 12.2 Å². The third-order valence-electron chi connectivity index (χ3n) is 2.13. The van der Waals surface area contributed by atoms with Crippen molar-refractivity contribution < 1.29 is 9.47 Å². The van der Waals surface area contributed by atoms with Gasteiger partial charge in [0.15, 0.2) is 0 Å². The van der Waals surface area contributed by atoms with Gasteiger partial charge in [-0.25, -0.2) is 4.98 Å². The Bertz CT molecular complexity index is 246. The number of hydrogen-bond acceptors (Lipinski definition) is 4. The lowest BCUT2D eigenvalue weighted by Crippen LogP contribution is -2.06. The summed E-state index contributed by atoms with van der Waals surface area (Å²) >= 11 is 0. The highest BCUT2D eigenvalue weighted by Gasteiger charge is 1.96. The van der Waals surface area contributed by atoms with Crippen molar-refractivity contribution in [1.82, 2.24) is 4.98 Å². The highest BCUT2D eigenvalue weighted by molar-refractivity contribution is 5.41. The lowest BCUT2D eigenvalue weighted by atomic mass is 10.3. The van der Waals surface area contributed by atoms with Gasteiger partial charge in [0.1, 0.15) is 6.61 Å². The Hall–Kier alpha value is -1.29. The van der Waals surface area contributed by atoms with Crippen molar-refractivity contribution >= 4 is 5.69 Å².